The second-order valence-electron chi connectivity index (χ2n) is 9.30. The summed E-state index contributed by atoms with van der Waals surface area (Å²) < 4.78 is 26.1. The normalized spacial score (nSPS) is 14.3. The van der Waals surface area contributed by atoms with Gasteiger partial charge in [-0.2, -0.15) is 0 Å². The summed E-state index contributed by atoms with van der Waals surface area (Å²) in [7, 11) is -3.46. The smallest absolute Gasteiger partial charge is 0.258 e. The molecule has 0 bridgehead atoms. The minimum absolute atomic E-state index is 0.246. The first kappa shape index (κ1) is 26.4. The number of benzene rings is 3. The van der Waals surface area contributed by atoms with E-state index in [1.807, 2.05) is 42.5 Å². The van der Waals surface area contributed by atoms with E-state index in [2.05, 4.69) is 46.2 Å². The molecule has 0 saturated carbocycles. The molecule has 4 rings (SSSR count). The summed E-state index contributed by atoms with van der Waals surface area (Å²) in [5.41, 5.74) is 5.73. The quantitative estimate of drug-likeness (QED) is 0.287. The van der Waals surface area contributed by atoms with E-state index in [0.29, 0.717) is 28.2 Å². The highest BCUT2D eigenvalue weighted by Gasteiger charge is 2.29. The highest BCUT2D eigenvalue weighted by atomic mass is 32.2. The molecule has 194 valence electrons. The minimum Gasteiger partial charge on any atom is -0.354 e. The van der Waals surface area contributed by atoms with Crippen molar-refractivity contribution in [3.63, 3.8) is 0 Å². The van der Waals surface area contributed by atoms with Gasteiger partial charge in [0.25, 0.3) is 5.91 Å². The van der Waals surface area contributed by atoms with E-state index in [4.69, 9.17) is 0 Å². The highest BCUT2D eigenvalue weighted by molar-refractivity contribution is 7.92. The Morgan fingerprint density at radius 2 is 1.54 bits per heavy atom. The van der Waals surface area contributed by atoms with E-state index in [1.165, 1.54) is 5.56 Å². The number of carbonyl (C=O) groups is 1. The number of nitrogens with zero attached hydrogens (tertiary/aromatic N) is 1. The topological polar surface area (TPSA) is 90.5 Å². The first-order valence-electron chi connectivity index (χ1n) is 12.6. The number of anilines is 3. The van der Waals surface area contributed by atoms with Gasteiger partial charge in [0, 0.05) is 29.2 Å². The van der Waals surface area contributed by atoms with Gasteiger partial charge >= 0.3 is 0 Å². The summed E-state index contributed by atoms with van der Waals surface area (Å²) in [6, 6.07) is 23.0. The number of carbonyl (C=O) groups excluding carboxylic acids is 1. The first-order valence-corrected chi connectivity index (χ1v) is 14.5. The summed E-state index contributed by atoms with van der Waals surface area (Å²) in [5, 5.41) is 6.38. The van der Waals surface area contributed by atoms with Gasteiger partial charge in [-0.05, 0) is 67.4 Å². The monoisotopic (exact) mass is 518 g/mol. The molecule has 1 aliphatic heterocycles. The fourth-order valence-electron chi connectivity index (χ4n) is 4.58. The highest BCUT2D eigenvalue weighted by Crippen LogP contribution is 2.39. The lowest BCUT2D eigenvalue weighted by Gasteiger charge is -2.21. The maximum absolute atomic E-state index is 13.2. The summed E-state index contributed by atoms with van der Waals surface area (Å²) in [5.74, 6) is -0.246. The van der Waals surface area contributed by atoms with Gasteiger partial charge in [-0.25, -0.2) is 8.42 Å². The molecule has 3 N–H and O–H groups in total. The van der Waals surface area contributed by atoms with Gasteiger partial charge in [-0.1, -0.05) is 56.3 Å². The Bertz CT molecular complexity index is 1380. The van der Waals surface area contributed by atoms with Crippen molar-refractivity contribution < 1.29 is 13.2 Å². The van der Waals surface area contributed by atoms with Gasteiger partial charge in [-0.15, -0.1) is 0 Å². The summed E-state index contributed by atoms with van der Waals surface area (Å²) in [6.45, 7) is 7.45. The maximum Gasteiger partial charge on any atom is 0.258 e. The summed E-state index contributed by atoms with van der Waals surface area (Å²) in [6.07, 6.45) is 3.35. The summed E-state index contributed by atoms with van der Waals surface area (Å²) in [4.78, 5) is 15.6. The number of sulfonamides is 1. The van der Waals surface area contributed by atoms with Crippen molar-refractivity contribution in [2.45, 2.75) is 33.2 Å². The Morgan fingerprint density at radius 1 is 0.892 bits per heavy atom. The maximum atomic E-state index is 13.2. The van der Waals surface area contributed by atoms with Crippen LogP contribution in [0.5, 0.6) is 0 Å². The molecule has 0 spiro atoms. The van der Waals surface area contributed by atoms with E-state index in [1.54, 1.807) is 18.2 Å². The lowest BCUT2D eigenvalue weighted by molar-refractivity contribution is -0.110. The van der Waals surface area contributed by atoms with E-state index in [0.717, 1.165) is 50.0 Å². The first-order chi connectivity index (χ1) is 17.8. The largest absolute Gasteiger partial charge is 0.354 e. The lowest BCUT2D eigenvalue weighted by Crippen LogP contribution is -2.24. The molecule has 1 amide bonds. The van der Waals surface area contributed by atoms with Crippen molar-refractivity contribution in [3.05, 3.63) is 89.5 Å². The fraction of sp³-hybridized carbons (Fsp3) is 0.276. The van der Waals surface area contributed by atoms with E-state index < -0.39 is 10.0 Å². The molecule has 0 unspecified atom stereocenters. The summed E-state index contributed by atoms with van der Waals surface area (Å²) >= 11 is 0. The van der Waals surface area contributed by atoms with Crippen LogP contribution in [0.1, 0.15) is 43.4 Å². The second-order valence-corrected chi connectivity index (χ2v) is 11.1. The molecule has 7 nitrogen and oxygen atoms in total. The van der Waals surface area contributed by atoms with Crippen LogP contribution in [0.3, 0.4) is 0 Å². The van der Waals surface area contributed by atoms with Crippen LogP contribution < -0.4 is 15.4 Å². The number of amides is 1. The van der Waals surface area contributed by atoms with Gasteiger partial charge in [0.05, 0.1) is 17.5 Å². The van der Waals surface area contributed by atoms with E-state index in [-0.39, 0.29) is 5.91 Å². The van der Waals surface area contributed by atoms with Crippen molar-refractivity contribution in [1.82, 2.24) is 4.90 Å². The van der Waals surface area contributed by atoms with Crippen LogP contribution in [0.15, 0.2) is 72.8 Å². The molecule has 0 aromatic heterocycles. The molecule has 0 radical (unpaired) electrons. The molecular weight excluding hydrogens is 484 g/mol. The Hall–Kier alpha value is -3.62. The van der Waals surface area contributed by atoms with Crippen LogP contribution in [0.2, 0.25) is 0 Å². The fourth-order valence-corrected chi connectivity index (χ4v) is 5.13. The van der Waals surface area contributed by atoms with Crippen LogP contribution in [0.25, 0.3) is 11.3 Å². The van der Waals surface area contributed by atoms with Gasteiger partial charge in [0.15, 0.2) is 0 Å². The minimum atomic E-state index is -3.46. The van der Waals surface area contributed by atoms with Crippen LogP contribution in [0, 0.1) is 0 Å². The molecule has 0 atom stereocenters. The van der Waals surface area contributed by atoms with Crippen LogP contribution in [0.4, 0.5) is 17.1 Å². The van der Waals surface area contributed by atoms with Crippen molar-refractivity contribution in [1.29, 1.82) is 0 Å². The van der Waals surface area contributed by atoms with Gasteiger partial charge in [0.1, 0.15) is 0 Å². The molecular formula is C29H34N4O3S. The predicted molar refractivity (Wildman–Crippen MR) is 153 cm³/mol. The SMILES string of the molecule is CCCN(CCC)Cc1ccc(NC(=C2C(=O)Nc3ccc(NS(C)(=O)=O)cc32)c2ccccc2)cc1. The third kappa shape index (κ3) is 6.78. The van der Waals surface area contributed by atoms with E-state index >= 15 is 0 Å². The second kappa shape index (κ2) is 11.6. The Kier molecular flexibility index (Phi) is 8.31. The zero-order valence-electron chi connectivity index (χ0n) is 21.5. The Balaban J connectivity index is 1.70. The van der Waals surface area contributed by atoms with Crippen molar-refractivity contribution in [3.8, 4) is 0 Å². The lowest BCUT2D eigenvalue weighted by atomic mass is 9.99. The molecule has 1 aliphatic rings. The van der Waals surface area contributed by atoms with Gasteiger partial charge < -0.3 is 10.6 Å². The van der Waals surface area contributed by atoms with Crippen molar-refractivity contribution in [2.24, 2.45) is 0 Å². The zero-order valence-corrected chi connectivity index (χ0v) is 22.4. The number of rotatable bonds is 11. The van der Waals surface area contributed by atoms with Crippen LogP contribution in [-0.4, -0.2) is 38.6 Å². The standard InChI is InChI=1S/C29H34N4O3S/c1-4-17-33(18-5-2)20-21-11-13-23(14-12-21)30-28(22-9-7-6-8-10-22)27-25-19-24(32-37(3,35)36)15-16-26(25)31-29(27)34/h6-16,19,30,32H,4-5,17-18,20H2,1-3H3,(H,31,34). The third-order valence-electron chi connectivity index (χ3n) is 6.09. The van der Waals surface area contributed by atoms with Crippen molar-refractivity contribution in [2.75, 3.05) is 34.7 Å². The molecule has 0 saturated heterocycles. The molecule has 3 aromatic carbocycles. The predicted octanol–water partition coefficient (Wildman–Crippen LogP) is 5.61. The number of hydrogen-bond acceptors (Lipinski definition) is 5. The number of hydrogen-bond donors (Lipinski definition) is 3. The van der Waals surface area contributed by atoms with Crippen LogP contribution in [-0.2, 0) is 21.4 Å². The average Bonchev–Trinajstić information content (AvgIpc) is 3.18. The Labute approximate surface area is 219 Å². The van der Waals surface area contributed by atoms with Crippen molar-refractivity contribution >= 4 is 44.3 Å². The molecule has 0 aliphatic carbocycles. The number of fused-ring (bicyclic) bond motifs is 1. The van der Waals surface area contributed by atoms with Gasteiger partial charge in [-0.3, -0.25) is 14.4 Å². The van der Waals surface area contributed by atoms with Crippen LogP contribution >= 0.6 is 0 Å². The van der Waals surface area contributed by atoms with E-state index in [9.17, 15) is 13.2 Å². The number of nitrogens with one attached hydrogen (secondary N) is 3. The Morgan fingerprint density at radius 3 is 2.16 bits per heavy atom. The molecule has 3 aromatic rings. The molecule has 8 heteroatoms. The molecule has 1 heterocycles. The average molecular weight is 519 g/mol. The third-order valence-corrected chi connectivity index (χ3v) is 6.70. The molecule has 0 fully saturated rings. The zero-order chi connectivity index (χ0) is 26.4. The molecule has 37 heavy (non-hydrogen) atoms. The van der Waals surface area contributed by atoms with Gasteiger partial charge in [0.2, 0.25) is 10.0 Å².